The Balaban J connectivity index is 1.98. The predicted octanol–water partition coefficient (Wildman–Crippen LogP) is 1.03. The lowest BCUT2D eigenvalue weighted by Gasteiger charge is -2.27. The molecule has 1 rings (SSSR count). The maximum absolute atomic E-state index is 3.37. The summed E-state index contributed by atoms with van der Waals surface area (Å²) in [6.45, 7) is 10.6. The van der Waals surface area contributed by atoms with Gasteiger partial charge in [-0.1, -0.05) is 13.8 Å². The van der Waals surface area contributed by atoms with Crippen LogP contribution in [0.3, 0.4) is 0 Å². The highest BCUT2D eigenvalue weighted by Crippen LogP contribution is 2.08. The number of nitrogens with zero attached hydrogens (tertiary/aromatic N) is 1. The molecule has 0 radical (unpaired) electrons. The minimum atomic E-state index is 0.785. The third kappa shape index (κ3) is 4.33. The summed E-state index contributed by atoms with van der Waals surface area (Å²) in [4.78, 5) is 2.55. The Labute approximate surface area is 80.1 Å². The Bertz CT molecular complexity index is 111. The summed E-state index contributed by atoms with van der Waals surface area (Å²) < 4.78 is 0. The molecule has 0 atom stereocenters. The molecule has 0 spiro atoms. The maximum atomic E-state index is 3.37. The van der Waals surface area contributed by atoms with Crippen molar-refractivity contribution in [2.24, 2.45) is 0 Å². The second-order valence-electron chi connectivity index (χ2n) is 3.51. The molecular weight excluding hydrogens is 168 g/mol. The third-order valence-corrected chi connectivity index (χ3v) is 3.15. The lowest BCUT2D eigenvalue weighted by atomic mass is 10.4. The van der Waals surface area contributed by atoms with Crippen LogP contribution in [0.2, 0.25) is 0 Å². The second-order valence-corrected chi connectivity index (χ2v) is 5.20. The fraction of sp³-hybridized carbons (Fsp3) is 1.00. The SMILES string of the molecule is CC(C)SCCN1CCNCC1. The van der Waals surface area contributed by atoms with Crippen LogP contribution in [-0.4, -0.2) is 48.6 Å². The van der Waals surface area contributed by atoms with Crippen molar-refractivity contribution >= 4 is 11.8 Å². The van der Waals surface area contributed by atoms with Crippen molar-refractivity contribution in [3.63, 3.8) is 0 Å². The van der Waals surface area contributed by atoms with Crippen LogP contribution in [0.25, 0.3) is 0 Å². The smallest absolute Gasteiger partial charge is 0.0108 e. The van der Waals surface area contributed by atoms with Crippen molar-refractivity contribution in [3.05, 3.63) is 0 Å². The first-order valence-corrected chi connectivity index (χ1v) is 5.88. The van der Waals surface area contributed by atoms with E-state index in [9.17, 15) is 0 Å². The first-order valence-electron chi connectivity index (χ1n) is 4.83. The lowest BCUT2D eigenvalue weighted by molar-refractivity contribution is 0.255. The molecule has 0 aromatic heterocycles. The molecule has 0 unspecified atom stereocenters. The normalized spacial score (nSPS) is 20.2. The molecule has 0 aromatic carbocycles. The Morgan fingerprint density at radius 2 is 2.00 bits per heavy atom. The molecule has 1 N–H and O–H groups in total. The van der Waals surface area contributed by atoms with Crippen LogP contribution in [0.1, 0.15) is 13.8 Å². The van der Waals surface area contributed by atoms with Crippen LogP contribution in [0.5, 0.6) is 0 Å². The maximum Gasteiger partial charge on any atom is 0.0108 e. The number of hydrogen-bond acceptors (Lipinski definition) is 3. The lowest BCUT2D eigenvalue weighted by Crippen LogP contribution is -2.44. The Morgan fingerprint density at radius 3 is 2.58 bits per heavy atom. The summed E-state index contributed by atoms with van der Waals surface area (Å²) in [5, 5.41) is 4.15. The van der Waals surface area contributed by atoms with E-state index < -0.39 is 0 Å². The van der Waals surface area contributed by atoms with Crippen LogP contribution in [0.4, 0.5) is 0 Å². The summed E-state index contributed by atoms with van der Waals surface area (Å²) in [6.07, 6.45) is 0. The van der Waals surface area contributed by atoms with Gasteiger partial charge >= 0.3 is 0 Å². The molecule has 2 nitrogen and oxygen atoms in total. The van der Waals surface area contributed by atoms with Gasteiger partial charge in [0.15, 0.2) is 0 Å². The van der Waals surface area contributed by atoms with Crippen molar-refractivity contribution < 1.29 is 0 Å². The van der Waals surface area contributed by atoms with E-state index in [1.54, 1.807) is 0 Å². The summed E-state index contributed by atoms with van der Waals surface area (Å²) in [5.74, 6) is 1.29. The highest BCUT2D eigenvalue weighted by atomic mass is 32.2. The van der Waals surface area contributed by atoms with E-state index >= 15 is 0 Å². The van der Waals surface area contributed by atoms with Crippen LogP contribution in [-0.2, 0) is 0 Å². The van der Waals surface area contributed by atoms with E-state index in [1.807, 2.05) is 0 Å². The molecular formula is C9H20N2S. The Kier molecular flexibility index (Phi) is 5.04. The van der Waals surface area contributed by atoms with Crippen LogP contribution in [0.15, 0.2) is 0 Å². The molecule has 3 heteroatoms. The van der Waals surface area contributed by atoms with E-state index in [1.165, 1.54) is 38.5 Å². The summed E-state index contributed by atoms with van der Waals surface area (Å²) in [7, 11) is 0. The molecule has 1 aliphatic rings. The topological polar surface area (TPSA) is 15.3 Å². The van der Waals surface area contributed by atoms with Gasteiger partial charge in [0, 0.05) is 38.5 Å². The molecule has 0 amide bonds. The third-order valence-electron chi connectivity index (χ3n) is 2.07. The number of thioether (sulfide) groups is 1. The standard InChI is InChI=1S/C9H20N2S/c1-9(2)12-8-7-11-5-3-10-4-6-11/h9-10H,3-8H2,1-2H3. The van der Waals surface area contributed by atoms with E-state index in [4.69, 9.17) is 0 Å². The van der Waals surface area contributed by atoms with Gasteiger partial charge in [-0.05, 0) is 5.25 Å². The van der Waals surface area contributed by atoms with Crippen molar-refractivity contribution in [1.29, 1.82) is 0 Å². The highest BCUT2D eigenvalue weighted by Gasteiger charge is 2.08. The highest BCUT2D eigenvalue weighted by molar-refractivity contribution is 7.99. The molecule has 12 heavy (non-hydrogen) atoms. The number of hydrogen-bond donors (Lipinski definition) is 1. The van der Waals surface area contributed by atoms with Gasteiger partial charge in [-0.3, -0.25) is 4.90 Å². The van der Waals surface area contributed by atoms with Gasteiger partial charge in [0.2, 0.25) is 0 Å². The predicted molar refractivity (Wildman–Crippen MR) is 56.9 cm³/mol. The van der Waals surface area contributed by atoms with Gasteiger partial charge in [0.05, 0.1) is 0 Å². The first-order chi connectivity index (χ1) is 5.79. The summed E-state index contributed by atoms with van der Waals surface area (Å²) in [6, 6.07) is 0. The van der Waals surface area contributed by atoms with Crippen LogP contribution < -0.4 is 5.32 Å². The fourth-order valence-corrected chi connectivity index (χ4v) is 2.19. The average molecular weight is 188 g/mol. The minimum absolute atomic E-state index is 0.785. The number of piperazine rings is 1. The number of rotatable bonds is 4. The van der Waals surface area contributed by atoms with Crippen molar-refractivity contribution in [2.45, 2.75) is 19.1 Å². The van der Waals surface area contributed by atoms with Crippen molar-refractivity contribution in [2.75, 3.05) is 38.5 Å². The molecule has 0 aromatic rings. The molecule has 0 bridgehead atoms. The van der Waals surface area contributed by atoms with Crippen molar-refractivity contribution in [3.8, 4) is 0 Å². The van der Waals surface area contributed by atoms with E-state index in [-0.39, 0.29) is 0 Å². The average Bonchev–Trinajstić information content (AvgIpc) is 2.05. The monoisotopic (exact) mass is 188 g/mol. The van der Waals surface area contributed by atoms with Gasteiger partial charge in [-0.15, -0.1) is 0 Å². The quantitative estimate of drug-likeness (QED) is 0.709. The molecule has 0 aliphatic carbocycles. The minimum Gasteiger partial charge on any atom is -0.314 e. The van der Waals surface area contributed by atoms with Crippen LogP contribution in [0, 0.1) is 0 Å². The van der Waals surface area contributed by atoms with E-state index in [2.05, 4.69) is 35.8 Å². The second kappa shape index (κ2) is 5.84. The molecule has 1 aliphatic heterocycles. The Hall–Kier alpha value is 0.270. The largest absolute Gasteiger partial charge is 0.314 e. The van der Waals surface area contributed by atoms with E-state index in [0.29, 0.717) is 0 Å². The zero-order valence-corrected chi connectivity index (χ0v) is 8.99. The first kappa shape index (κ1) is 10.4. The molecule has 1 saturated heterocycles. The fourth-order valence-electron chi connectivity index (χ4n) is 1.35. The van der Waals surface area contributed by atoms with Gasteiger partial charge in [-0.2, -0.15) is 11.8 Å². The number of nitrogens with one attached hydrogen (secondary N) is 1. The molecule has 1 fully saturated rings. The van der Waals surface area contributed by atoms with Gasteiger partial charge < -0.3 is 5.32 Å². The Morgan fingerprint density at radius 1 is 1.33 bits per heavy atom. The zero-order chi connectivity index (χ0) is 8.81. The molecule has 1 heterocycles. The molecule has 72 valence electrons. The molecule has 0 saturated carbocycles. The summed E-state index contributed by atoms with van der Waals surface area (Å²) in [5.41, 5.74) is 0. The van der Waals surface area contributed by atoms with Gasteiger partial charge in [0.1, 0.15) is 0 Å². The van der Waals surface area contributed by atoms with Crippen LogP contribution >= 0.6 is 11.8 Å². The van der Waals surface area contributed by atoms with E-state index in [0.717, 1.165) is 5.25 Å². The van der Waals surface area contributed by atoms with Gasteiger partial charge in [0.25, 0.3) is 0 Å². The summed E-state index contributed by atoms with van der Waals surface area (Å²) >= 11 is 2.06. The van der Waals surface area contributed by atoms with Gasteiger partial charge in [-0.25, -0.2) is 0 Å². The van der Waals surface area contributed by atoms with Crippen molar-refractivity contribution in [1.82, 2.24) is 10.2 Å². The zero-order valence-electron chi connectivity index (χ0n) is 8.18.